The highest BCUT2D eigenvalue weighted by Crippen LogP contribution is 2.10. The van der Waals surface area contributed by atoms with Crippen molar-refractivity contribution >= 4 is 0 Å². The normalized spacial score (nSPS) is 24.6. The zero-order valence-electron chi connectivity index (χ0n) is 5.58. The molecule has 0 saturated heterocycles. The van der Waals surface area contributed by atoms with E-state index in [1.54, 1.807) is 0 Å². The Bertz CT molecular complexity index is 124. The third kappa shape index (κ3) is 1.01. The highest BCUT2D eigenvalue weighted by Gasteiger charge is 2.18. The lowest BCUT2D eigenvalue weighted by Gasteiger charge is -2.13. The van der Waals surface area contributed by atoms with E-state index in [9.17, 15) is 0 Å². The molecule has 2 N–H and O–H groups in total. The number of hydrogen-bond acceptors (Lipinski definition) is 2. The molecule has 0 unspecified atom stereocenters. The molecular formula is C6H12N2. The Morgan fingerprint density at radius 2 is 2.12 bits per heavy atom. The van der Waals surface area contributed by atoms with Crippen LogP contribution in [0.15, 0.2) is 11.8 Å². The zero-order chi connectivity index (χ0) is 6.20. The fourth-order valence-electron chi connectivity index (χ4n) is 0.873. The molecule has 0 aromatic rings. The fraction of sp³-hybridized carbons (Fsp3) is 0.667. The molecule has 1 aliphatic heterocycles. The first kappa shape index (κ1) is 5.63. The summed E-state index contributed by atoms with van der Waals surface area (Å²) in [6.45, 7) is 6.29. The van der Waals surface area contributed by atoms with Crippen LogP contribution in [-0.2, 0) is 0 Å². The molecule has 0 fully saturated rings. The summed E-state index contributed by atoms with van der Waals surface area (Å²) in [5.41, 5.74) is 7.47. The number of nitrogens with one attached hydrogen (secondary N) is 2. The molecule has 0 radical (unpaired) electrons. The Hall–Kier alpha value is -0.500. The Labute approximate surface area is 49.9 Å². The molecule has 1 rings (SSSR count). The highest BCUT2D eigenvalue weighted by molar-refractivity contribution is 5.12. The van der Waals surface area contributed by atoms with Crippen LogP contribution in [0.5, 0.6) is 0 Å². The fourth-order valence-corrected chi connectivity index (χ4v) is 0.873. The van der Waals surface area contributed by atoms with Crippen LogP contribution in [0.1, 0.15) is 20.8 Å². The van der Waals surface area contributed by atoms with Crippen molar-refractivity contribution in [1.82, 2.24) is 10.9 Å². The van der Waals surface area contributed by atoms with E-state index in [1.807, 2.05) is 6.92 Å². The average Bonchev–Trinajstić information content (AvgIpc) is 1.82. The number of hydrazine groups is 1. The topological polar surface area (TPSA) is 24.1 Å². The van der Waals surface area contributed by atoms with Gasteiger partial charge < -0.3 is 5.43 Å². The van der Waals surface area contributed by atoms with E-state index in [0.717, 1.165) is 0 Å². The Balaban J connectivity index is 2.67. The lowest BCUT2D eigenvalue weighted by atomic mass is 10.1. The van der Waals surface area contributed by atoms with Gasteiger partial charge in [0, 0.05) is 5.70 Å². The molecule has 8 heavy (non-hydrogen) atoms. The van der Waals surface area contributed by atoms with E-state index >= 15 is 0 Å². The number of allylic oxidation sites excluding steroid dienone is 1. The van der Waals surface area contributed by atoms with E-state index in [2.05, 4.69) is 30.8 Å². The van der Waals surface area contributed by atoms with Gasteiger partial charge in [-0.1, -0.05) is 0 Å². The minimum atomic E-state index is 0.143. The van der Waals surface area contributed by atoms with Gasteiger partial charge in [0.25, 0.3) is 0 Å². The van der Waals surface area contributed by atoms with Gasteiger partial charge in [0.05, 0.1) is 5.54 Å². The first-order chi connectivity index (χ1) is 3.60. The van der Waals surface area contributed by atoms with Crippen molar-refractivity contribution in [2.24, 2.45) is 0 Å². The Kier molecular flexibility index (Phi) is 1.05. The molecule has 0 amide bonds. The lowest BCUT2D eigenvalue weighted by molar-refractivity contribution is 0.469. The minimum Gasteiger partial charge on any atom is -0.325 e. The van der Waals surface area contributed by atoms with E-state index < -0.39 is 0 Å². The lowest BCUT2D eigenvalue weighted by Crippen LogP contribution is -2.39. The first-order valence-electron chi connectivity index (χ1n) is 2.83. The monoisotopic (exact) mass is 112 g/mol. The largest absolute Gasteiger partial charge is 0.325 e. The standard InChI is InChI=1S/C6H12N2/c1-5-4-6(2,3)8-7-5/h4,7-8H,1-3H3. The average molecular weight is 112 g/mol. The Morgan fingerprint density at radius 1 is 1.50 bits per heavy atom. The Morgan fingerprint density at radius 3 is 2.25 bits per heavy atom. The summed E-state index contributed by atoms with van der Waals surface area (Å²) in [4.78, 5) is 0. The molecular weight excluding hydrogens is 100 g/mol. The summed E-state index contributed by atoms with van der Waals surface area (Å²) in [6, 6.07) is 0. The van der Waals surface area contributed by atoms with Crippen molar-refractivity contribution in [2.45, 2.75) is 26.3 Å². The number of rotatable bonds is 0. The SMILES string of the molecule is CC1=CC(C)(C)NN1. The van der Waals surface area contributed by atoms with Crippen LogP contribution in [-0.4, -0.2) is 5.54 Å². The molecule has 0 saturated carbocycles. The van der Waals surface area contributed by atoms with Gasteiger partial charge in [-0.25, -0.2) is 5.43 Å². The molecule has 1 aliphatic rings. The summed E-state index contributed by atoms with van der Waals surface area (Å²) >= 11 is 0. The quantitative estimate of drug-likeness (QED) is 0.484. The zero-order valence-corrected chi connectivity index (χ0v) is 5.58. The van der Waals surface area contributed by atoms with Gasteiger partial charge in [-0.2, -0.15) is 0 Å². The van der Waals surface area contributed by atoms with Crippen LogP contribution in [0.3, 0.4) is 0 Å². The van der Waals surface area contributed by atoms with Gasteiger partial charge in [-0.3, -0.25) is 0 Å². The predicted molar refractivity (Wildman–Crippen MR) is 34.1 cm³/mol. The second-order valence-electron chi connectivity index (χ2n) is 2.80. The van der Waals surface area contributed by atoms with E-state index in [0.29, 0.717) is 0 Å². The van der Waals surface area contributed by atoms with Crippen molar-refractivity contribution in [3.8, 4) is 0 Å². The second-order valence-corrected chi connectivity index (χ2v) is 2.80. The molecule has 2 heteroatoms. The molecule has 0 atom stereocenters. The van der Waals surface area contributed by atoms with Crippen LogP contribution in [0.25, 0.3) is 0 Å². The van der Waals surface area contributed by atoms with Crippen LogP contribution in [0.4, 0.5) is 0 Å². The molecule has 0 aliphatic carbocycles. The molecule has 0 aromatic carbocycles. The summed E-state index contributed by atoms with van der Waals surface area (Å²) < 4.78 is 0. The third-order valence-electron chi connectivity index (χ3n) is 1.16. The van der Waals surface area contributed by atoms with Gasteiger partial charge in [-0.05, 0) is 26.8 Å². The summed E-state index contributed by atoms with van der Waals surface area (Å²) in [5.74, 6) is 0. The summed E-state index contributed by atoms with van der Waals surface area (Å²) in [5, 5.41) is 0. The van der Waals surface area contributed by atoms with Crippen molar-refractivity contribution in [3.63, 3.8) is 0 Å². The maximum atomic E-state index is 3.10. The van der Waals surface area contributed by atoms with Crippen LogP contribution in [0, 0.1) is 0 Å². The van der Waals surface area contributed by atoms with Crippen molar-refractivity contribution in [2.75, 3.05) is 0 Å². The van der Waals surface area contributed by atoms with Gasteiger partial charge in [0.1, 0.15) is 0 Å². The van der Waals surface area contributed by atoms with E-state index in [4.69, 9.17) is 0 Å². The summed E-state index contributed by atoms with van der Waals surface area (Å²) in [7, 11) is 0. The molecule has 2 nitrogen and oxygen atoms in total. The first-order valence-corrected chi connectivity index (χ1v) is 2.83. The van der Waals surface area contributed by atoms with Crippen molar-refractivity contribution in [3.05, 3.63) is 11.8 Å². The van der Waals surface area contributed by atoms with Crippen LogP contribution >= 0.6 is 0 Å². The predicted octanol–water partition coefficient (Wildman–Crippen LogP) is 0.777. The van der Waals surface area contributed by atoms with Gasteiger partial charge in [0.2, 0.25) is 0 Å². The minimum absolute atomic E-state index is 0.143. The van der Waals surface area contributed by atoms with Crippen LogP contribution < -0.4 is 10.9 Å². The smallest absolute Gasteiger partial charge is 0.0513 e. The maximum Gasteiger partial charge on any atom is 0.0513 e. The molecule has 0 spiro atoms. The molecule has 0 aromatic heterocycles. The number of hydrogen-bond donors (Lipinski definition) is 2. The van der Waals surface area contributed by atoms with Gasteiger partial charge in [-0.15, -0.1) is 0 Å². The highest BCUT2D eigenvalue weighted by atomic mass is 15.4. The third-order valence-corrected chi connectivity index (χ3v) is 1.16. The van der Waals surface area contributed by atoms with E-state index in [1.165, 1.54) is 5.70 Å². The van der Waals surface area contributed by atoms with Crippen molar-refractivity contribution in [1.29, 1.82) is 0 Å². The molecule has 46 valence electrons. The second kappa shape index (κ2) is 1.49. The van der Waals surface area contributed by atoms with Gasteiger partial charge in [0.15, 0.2) is 0 Å². The van der Waals surface area contributed by atoms with Crippen LogP contribution in [0.2, 0.25) is 0 Å². The van der Waals surface area contributed by atoms with Gasteiger partial charge >= 0.3 is 0 Å². The molecule has 0 bridgehead atoms. The van der Waals surface area contributed by atoms with E-state index in [-0.39, 0.29) is 5.54 Å². The van der Waals surface area contributed by atoms with Crippen molar-refractivity contribution < 1.29 is 0 Å². The molecule has 1 heterocycles. The summed E-state index contributed by atoms with van der Waals surface area (Å²) in [6.07, 6.45) is 2.16. The maximum absolute atomic E-state index is 3.10.